The zero-order valence-corrected chi connectivity index (χ0v) is 11.3. The first kappa shape index (κ1) is 13.1. The first-order chi connectivity index (χ1) is 8.65. The van der Waals surface area contributed by atoms with Gasteiger partial charge in [0.15, 0.2) is 0 Å². The van der Waals surface area contributed by atoms with Crippen LogP contribution >= 0.6 is 0 Å². The number of hydrogen-bond donors (Lipinski definition) is 2. The number of aryl methyl sites for hydroxylation is 1. The number of carbonyl (C=O) groups is 1. The third-order valence-corrected chi connectivity index (χ3v) is 4.03. The Morgan fingerprint density at radius 1 is 1.33 bits per heavy atom. The van der Waals surface area contributed by atoms with Gasteiger partial charge in [0.2, 0.25) is 5.91 Å². The molecule has 0 spiro atoms. The first-order valence-electron chi connectivity index (χ1n) is 6.76. The van der Waals surface area contributed by atoms with Crippen LogP contribution in [-0.2, 0) is 4.79 Å². The minimum Gasteiger partial charge on any atom is -0.325 e. The van der Waals surface area contributed by atoms with Crippen molar-refractivity contribution in [3.05, 3.63) is 29.8 Å². The molecule has 1 aromatic rings. The molecule has 18 heavy (non-hydrogen) atoms. The van der Waals surface area contributed by atoms with Crippen molar-refractivity contribution in [1.82, 2.24) is 5.32 Å². The standard InChI is InChI=1S/C15H22N2O/c1-3-15(9-6-10-15)16-11-14(18)17-13-8-5-4-7-12(13)2/h4-5,7-8,16H,3,6,9-11H2,1-2H3,(H,17,18). The number of anilines is 1. The lowest BCUT2D eigenvalue weighted by Crippen LogP contribution is -2.52. The van der Waals surface area contributed by atoms with Gasteiger partial charge in [0.1, 0.15) is 0 Å². The van der Waals surface area contributed by atoms with Gasteiger partial charge in [-0.3, -0.25) is 4.79 Å². The van der Waals surface area contributed by atoms with Gasteiger partial charge < -0.3 is 10.6 Å². The third kappa shape index (κ3) is 2.91. The summed E-state index contributed by atoms with van der Waals surface area (Å²) in [4.78, 5) is 11.9. The fraction of sp³-hybridized carbons (Fsp3) is 0.533. The minimum atomic E-state index is 0.0454. The molecule has 0 radical (unpaired) electrons. The maximum Gasteiger partial charge on any atom is 0.238 e. The van der Waals surface area contributed by atoms with E-state index in [2.05, 4.69) is 17.6 Å². The Labute approximate surface area is 109 Å². The highest BCUT2D eigenvalue weighted by Crippen LogP contribution is 2.34. The van der Waals surface area contributed by atoms with E-state index in [1.165, 1.54) is 19.3 Å². The van der Waals surface area contributed by atoms with Crippen LogP contribution in [0.5, 0.6) is 0 Å². The maximum absolute atomic E-state index is 11.9. The molecule has 1 fully saturated rings. The predicted molar refractivity (Wildman–Crippen MR) is 74.7 cm³/mol. The molecule has 2 N–H and O–H groups in total. The minimum absolute atomic E-state index is 0.0454. The largest absolute Gasteiger partial charge is 0.325 e. The van der Waals surface area contributed by atoms with Gasteiger partial charge in [-0.15, -0.1) is 0 Å². The lowest BCUT2D eigenvalue weighted by atomic mass is 9.75. The van der Waals surface area contributed by atoms with Crippen molar-refractivity contribution in [3.63, 3.8) is 0 Å². The summed E-state index contributed by atoms with van der Waals surface area (Å²) >= 11 is 0. The molecule has 3 heteroatoms. The van der Waals surface area contributed by atoms with E-state index in [1.54, 1.807) is 0 Å². The molecule has 1 aliphatic carbocycles. The summed E-state index contributed by atoms with van der Waals surface area (Å²) in [6.45, 7) is 4.59. The molecule has 1 aliphatic rings. The lowest BCUT2D eigenvalue weighted by molar-refractivity contribution is -0.116. The Morgan fingerprint density at radius 2 is 2.06 bits per heavy atom. The van der Waals surface area contributed by atoms with Gasteiger partial charge in [-0.05, 0) is 44.2 Å². The third-order valence-electron chi connectivity index (χ3n) is 4.03. The maximum atomic E-state index is 11.9. The van der Waals surface area contributed by atoms with E-state index in [-0.39, 0.29) is 11.4 Å². The second-order valence-corrected chi connectivity index (χ2v) is 5.20. The van der Waals surface area contributed by atoms with Crippen molar-refractivity contribution >= 4 is 11.6 Å². The van der Waals surface area contributed by atoms with Crippen LogP contribution in [0.1, 0.15) is 38.2 Å². The smallest absolute Gasteiger partial charge is 0.238 e. The molecule has 1 amide bonds. The Balaban J connectivity index is 1.84. The molecule has 2 rings (SSSR count). The van der Waals surface area contributed by atoms with E-state index in [0.29, 0.717) is 6.54 Å². The van der Waals surface area contributed by atoms with Gasteiger partial charge in [0.05, 0.1) is 6.54 Å². The van der Waals surface area contributed by atoms with E-state index in [9.17, 15) is 4.79 Å². The monoisotopic (exact) mass is 246 g/mol. The topological polar surface area (TPSA) is 41.1 Å². The normalized spacial score (nSPS) is 17.0. The second-order valence-electron chi connectivity index (χ2n) is 5.20. The molecule has 0 unspecified atom stereocenters. The molecule has 0 aliphatic heterocycles. The Bertz CT molecular complexity index is 419. The summed E-state index contributed by atoms with van der Waals surface area (Å²) in [6.07, 6.45) is 4.77. The van der Waals surface area contributed by atoms with Crippen molar-refractivity contribution in [2.45, 2.75) is 45.1 Å². The van der Waals surface area contributed by atoms with Crippen molar-refractivity contribution in [2.75, 3.05) is 11.9 Å². The van der Waals surface area contributed by atoms with Gasteiger partial charge in [-0.1, -0.05) is 25.1 Å². The number of benzene rings is 1. The number of amides is 1. The fourth-order valence-electron chi connectivity index (χ4n) is 2.43. The summed E-state index contributed by atoms with van der Waals surface area (Å²) in [5.74, 6) is 0.0454. The molecule has 0 saturated heterocycles. The van der Waals surface area contributed by atoms with Gasteiger partial charge >= 0.3 is 0 Å². The van der Waals surface area contributed by atoms with Crippen LogP contribution in [-0.4, -0.2) is 18.0 Å². The van der Waals surface area contributed by atoms with Crippen LogP contribution in [0.25, 0.3) is 0 Å². The zero-order valence-electron chi connectivity index (χ0n) is 11.3. The molecule has 1 saturated carbocycles. The average Bonchev–Trinajstić information content (AvgIpc) is 2.31. The number of rotatable bonds is 5. The average molecular weight is 246 g/mol. The predicted octanol–water partition coefficient (Wildman–Crippen LogP) is 2.86. The van der Waals surface area contributed by atoms with Gasteiger partial charge in [-0.25, -0.2) is 0 Å². The summed E-state index contributed by atoms with van der Waals surface area (Å²) in [5.41, 5.74) is 2.23. The van der Waals surface area contributed by atoms with Crippen molar-refractivity contribution in [2.24, 2.45) is 0 Å². The molecule has 98 valence electrons. The Morgan fingerprint density at radius 3 is 2.61 bits per heavy atom. The van der Waals surface area contributed by atoms with Crippen LogP contribution in [0.2, 0.25) is 0 Å². The molecule has 0 atom stereocenters. The van der Waals surface area contributed by atoms with E-state index in [1.807, 2.05) is 31.2 Å². The highest BCUT2D eigenvalue weighted by atomic mass is 16.1. The molecular formula is C15H22N2O. The highest BCUT2D eigenvalue weighted by molar-refractivity contribution is 5.92. The quantitative estimate of drug-likeness (QED) is 0.838. The molecule has 0 bridgehead atoms. The van der Waals surface area contributed by atoms with E-state index >= 15 is 0 Å². The highest BCUT2D eigenvalue weighted by Gasteiger charge is 2.34. The fourth-order valence-corrected chi connectivity index (χ4v) is 2.43. The number of para-hydroxylation sites is 1. The number of hydrogen-bond acceptors (Lipinski definition) is 2. The van der Waals surface area contributed by atoms with E-state index in [0.717, 1.165) is 17.7 Å². The van der Waals surface area contributed by atoms with Crippen LogP contribution in [0.15, 0.2) is 24.3 Å². The lowest BCUT2D eigenvalue weighted by Gasteiger charge is -2.42. The number of carbonyl (C=O) groups excluding carboxylic acids is 1. The van der Waals surface area contributed by atoms with Crippen molar-refractivity contribution in [1.29, 1.82) is 0 Å². The van der Waals surface area contributed by atoms with Crippen molar-refractivity contribution < 1.29 is 4.79 Å². The van der Waals surface area contributed by atoms with Crippen LogP contribution in [0.4, 0.5) is 5.69 Å². The molecule has 0 heterocycles. The summed E-state index contributed by atoms with van der Waals surface area (Å²) in [6, 6.07) is 7.86. The SMILES string of the molecule is CCC1(NCC(=O)Nc2ccccc2C)CCC1. The van der Waals surface area contributed by atoms with Gasteiger partial charge in [0.25, 0.3) is 0 Å². The Hall–Kier alpha value is -1.35. The van der Waals surface area contributed by atoms with Gasteiger partial charge in [0, 0.05) is 11.2 Å². The van der Waals surface area contributed by atoms with Crippen LogP contribution in [0.3, 0.4) is 0 Å². The number of nitrogens with one attached hydrogen (secondary N) is 2. The molecule has 3 nitrogen and oxygen atoms in total. The zero-order chi connectivity index (χ0) is 13.0. The van der Waals surface area contributed by atoms with Crippen LogP contribution in [0, 0.1) is 6.92 Å². The van der Waals surface area contributed by atoms with E-state index in [4.69, 9.17) is 0 Å². The van der Waals surface area contributed by atoms with Gasteiger partial charge in [-0.2, -0.15) is 0 Å². The summed E-state index contributed by atoms with van der Waals surface area (Å²) in [5, 5.41) is 6.36. The summed E-state index contributed by atoms with van der Waals surface area (Å²) in [7, 11) is 0. The first-order valence-corrected chi connectivity index (χ1v) is 6.76. The molecule has 0 aromatic heterocycles. The second kappa shape index (κ2) is 5.53. The van der Waals surface area contributed by atoms with E-state index < -0.39 is 0 Å². The Kier molecular flexibility index (Phi) is 4.02. The summed E-state index contributed by atoms with van der Waals surface area (Å²) < 4.78 is 0. The van der Waals surface area contributed by atoms with Crippen LogP contribution < -0.4 is 10.6 Å². The molecule has 1 aromatic carbocycles. The molecular weight excluding hydrogens is 224 g/mol. The van der Waals surface area contributed by atoms with Crippen molar-refractivity contribution in [3.8, 4) is 0 Å².